The van der Waals surface area contributed by atoms with Crippen molar-refractivity contribution in [3.63, 3.8) is 0 Å². The van der Waals surface area contributed by atoms with E-state index in [4.69, 9.17) is 4.42 Å². The van der Waals surface area contributed by atoms with Gasteiger partial charge in [-0.1, -0.05) is 24.3 Å². The molecule has 2 aromatic heterocycles. The third kappa shape index (κ3) is 2.86. The van der Waals surface area contributed by atoms with Crippen LogP contribution >= 0.6 is 0 Å². The van der Waals surface area contributed by atoms with E-state index in [9.17, 15) is 4.79 Å². The second kappa shape index (κ2) is 6.02. The molecule has 0 bridgehead atoms. The average Bonchev–Trinajstić information content (AvgIpc) is 2.97. The first kappa shape index (κ1) is 14.3. The van der Waals surface area contributed by atoms with Crippen LogP contribution in [-0.2, 0) is 6.54 Å². The first-order chi connectivity index (χ1) is 10.6. The van der Waals surface area contributed by atoms with Crippen LogP contribution in [0.1, 0.15) is 30.1 Å². The number of rotatable bonds is 4. The number of carbonyl (C=O) groups excluding carboxylic acids is 1. The number of carbonyl (C=O) groups is 1. The highest BCUT2D eigenvalue weighted by Crippen LogP contribution is 2.21. The van der Waals surface area contributed by atoms with E-state index >= 15 is 0 Å². The molecule has 4 nitrogen and oxygen atoms in total. The molecule has 22 heavy (non-hydrogen) atoms. The summed E-state index contributed by atoms with van der Waals surface area (Å²) in [5.41, 5.74) is 1.59. The van der Waals surface area contributed by atoms with Crippen molar-refractivity contribution in [1.29, 1.82) is 0 Å². The van der Waals surface area contributed by atoms with Crippen molar-refractivity contribution >= 4 is 16.9 Å². The summed E-state index contributed by atoms with van der Waals surface area (Å²) in [5, 5.41) is 0.937. The number of para-hydroxylation sites is 1. The number of hydrogen-bond donors (Lipinski definition) is 0. The van der Waals surface area contributed by atoms with Gasteiger partial charge in [0, 0.05) is 17.6 Å². The number of fused-ring (bicyclic) bond motifs is 1. The number of aromatic nitrogens is 1. The summed E-state index contributed by atoms with van der Waals surface area (Å²) in [6.45, 7) is 4.45. The van der Waals surface area contributed by atoms with Gasteiger partial charge in [0.15, 0.2) is 5.76 Å². The van der Waals surface area contributed by atoms with Crippen molar-refractivity contribution < 1.29 is 9.21 Å². The van der Waals surface area contributed by atoms with Gasteiger partial charge < -0.3 is 9.32 Å². The van der Waals surface area contributed by atoms with Gasteiger partial charge in [0.2, 0.25) is 0 Å². The van der Waals surface area contributed by atoms with E-state index in [2.05, 4.69) is 4.98 Å². The maximum Gasteiger partial charge on any atom is 0.290 e. The van der Waals surface area contributed by atoms with Crippen LogP contribution in [0.2, 0.25) is 0 Å². The molecule has 4 heteroatoms. The predicted molar refractivity (Wildman–Crippen MR) is 85.5 cm³/mol. The minimum atomic E-state index is -0.114. The fourth-order valence-corrected chi connectivity index (χ4v) is 2.38. The van der Waals surface area contributed by atoms with Crippen molar-refractivity contribution in [1.82, 2.24) is 9.88 Å². The highest BCUT2D eigenvalue weighted by atomic mass is 16.3. The Hall–Kier alpha value is -2.62. The Bertz CT molecular complexity index is 745. The molecule has 3 aromatic rings. The van der Waals surface area contributed by atoms with Gasteiger partial charge in [-0.15, -0.1) is 0 Å². The van der Waals surface area contributed by atoms with Gasteiger partial charge in [0.25, 0.3) is 5.91 Å². The van der Waals surface area contributed by atoms with E-state index < -0.39 is 0 Å². The predicted octanol–water partition coefficient (Wildman–Crippen LogP) is 3.88. The molecule has 0 fully saturated rings. The topological polar surface area (TPSA) is 46.3 Å². The quantitative estimate of drug-likeness (QED) is 0.733. The lowest BCUT2D eigenvalue weighted by Crippen LogP contribution is -2.36. The molecule has 0 aliphatic heterocycles. The number of furan rings is 1. The number of pyridine rings is 1. The summed E-state index contributed by atoms with van der Waals surface area (Å²) in [6.07, 6.45) is 1.74. The van der Waals surface area contributed by atoms with Gasteiger partial charge in [0.1, 0.15) is 5.58 Å². The van der Waals surface area contributed by atoms with E-state index in [1.165, 1.54) is 0 Å². The summed E-state index contributed by atoms with van der Waals surface area (Å²) in [7, 11) is 0. The minimum Gasteiger partial charge on any atom is -0.451 e. The van der Waals surface area contributed by atoms with Crippen LogP contribution in [0.4, 0.5) is 0 Å². The fraction of sp³-hybridized carbons (Fsp3) is 0.222. The van der Waals surface area contributed by atoms with E-state index in [0.29, 0.717) is 12.3 Å². The van der Waals surface area contributed by atoms with Crippen LogP contribution in [-0.4, -0.2) is 21.8 Å². The standard InChI is InChI=1S/C18H18N2O2/c1-13(2)20(12-15-8-5-6-10-19-15)18(21)17-11-14-7-3-4-9-16(14)22-17/h3-11,13H,12H2,1-2H3. The molecular formula is C18H18N2O2. The first-order valence-electron chi connectivity index (χ1n) is 7.34. The number of hydrogen-bond acceptors (Lipinski definition) is 3. The fourth-order valence-electron chi connectivity index (χ4n) is 2.38. The number of benzene rings is 1. The van der Waals surface area contributed by atoms with Gasteiger partial charge >= 0.3 is 0 Å². The molecule has 0 spiro atoms. The van der Waals surface area contributed by atoms with Crippen molar-refractivity contribution in [3.8, 4) is 0 Å². The van der Waals surface area contributed by atoms with Crippen LogP contribution < -0.4 is 0 Å². The van der Waals surface area contributed by atoms with Crippen LogP contribution in [0.3, 0.4) is 0 Å². The zero-order valence-corrected chi connectivity index (χ0v) is 12.7. The van der Waals surface area contributed by atoms with E-state index in [-0.39, 0.29) is 11.9 Å². The highest BCUT2D eigenvalue weighted by Gasteiger charge is 2.22. The molecule has 2 heterocycles. The van der Waals surface area contributed by atoms with Gasteiger partial charge in [-0.2, -0.15) is 0 Å². The van der Waals surface area contributed by atoms with Crippen molar-refractivity contribution in [2.75, 3.05) is 0 Å². The molecule has 0 radical (unpaired) electrons. The Morgan fingerprint density at radius 1 is 1.18 bits per heavy atom. The normalized spacial score (nSPS) is 11.0. The summed E-state index contributed by atoms with van der Waals surface area (Å²) in [6, 6.07) is 15.2. The van der Waals surface area contributed by atoms with Crippen LogP contribution in [0, 0.1) is 0 Å². The van der Waals surface area contributed by atoms with Gasteiger partial charge in [0.05, 0.1) is 12.2 Å². The third-order valence-electron chi connectivity index (χ3n) is 3.58. The lowest BCUT2D eigenvalue weighted by Gasteiger charge is -2.25. The Labute approximate surface area is 129 Å². The lowest BCUT2D eigenvalue weighted by molar-refractivity contribution is 0.0657. The molecule has 0 aliphatic carbocycles. The average molecular weight is 294 g/mol. The van der Waals surface area contributed by atoms with E-state index in [0.717, 1.165) is 16.7 Å². The van der Waals surface area contributed by atoms with E-state index in [1.54, 1.807) is 17.2 Å². The Kier molecular flexibility index (Phi) is 3.92. The second-order valence-electron chi connectivity index (χ2n) is 5.50. The van der Waals surface area contributed by atoms with Crippen molar-refractivity contribution in [2.45, 2.75) is 26.4 Å². The van der Waals surface area contributed by atoms with Crippen LogP contribution in [0.5, 0.6) is 0 Å². The highest BCUT2D eigenvalue weighted by molar-refractivity contribution is 5.96. The molecule has 1 aromatic carbocycles. The zero-order valence-electron chi connectivity index (χ0n) is 12.7. The van der Waals surface area contributed by atoms with Gasteiger partial charge in [-0.05, 0) is 38.1 Å². The summed E-state index contributed by atoms with van der Waals surface area (Å²) in [4.78, 5) is 18.8. The van der Waals surface area contributed by atoms with Crippen molar-refractivity contribution in [3.05, 3.63) is 66.2 Å². The molecule has 0 N–H and O–H groups in total. The van der Waals surface area contributed by atoms with Crippen molar-refractivity contribution in [2.24, 2.45) is 0 Å². The summed E-state index contributed by atoms with van der Waals surface area (Å²) >= 11 is 0. The first-order valence-corrected chi connectivity index (χ1v) is 7.34. The third-order valence-corrected chi connectivity index (χ3v) is 3.58. The number of nitrogens with zero attached hydrogens (tertiary/aromatic N) is 2. The molecule has 0 saturated carbocycles. The Morgan fingerprint density at radius 3 is 2.64 bits per heavy atom. The molecule has 0 unspecified atom stereocenters. The second-order valence-corrected chi connectivity index (χ2v) is 5.50. The Balaban J connectivity index is 1.89. The van der Waals surface area contributed by atoms with Crippen LogP contribution in [0.25, 0.3) is 11.0 Å². The molecule has 0 saturated heterocycles. The zero-order chi connectivity index (χ0) is 15.5. The number of amides is 1. The van der Waals surface area contributed by atoms with E-state index in [1.807, 2.05) is 56.3 Å². The summed E-state index contributed by atoms with van der Waals surface area (Å²) < 4.78 is 5.69. The molecule has 1 amide bonds. The SMILES string of the molecule is CC(C)N(Cc1ccccn1)C(=O)c1cc2ccccc2o1. The Morgan fingerprint density at radius 2 is 1.95 bits per heavy atom. The largest absolute Gasteiger partial charge is 0.451 e. The smallest absolute Gasteiger partial charge is 0.290 e. The molecular weight excluding hydrogens is 276 g/mol. The minimum absolute atomic E-state index is 0.0581. The molecule has 112 valence electrons. The van der Waals surface area contributed by atoms with Crippen LogP contribution in [0.15, 0.2) is 59.1 Å². The molecule has 0 atom stereocenters. The summed E-state index contributed by atoms with van der Waals surface area (Å²) in [5.74, 6) is 0.252. The lowest BCUT2D eigenvalue weighted by atomic mass is 10.2. The van der Waals surface area contributed by atoms with Gasteiger partial charge in [-0.3, -0.25) is 9.78 Å². The molecule has 0 aliphatic rings. The molecule has 3 rings (SSSR count). The van der Waals surface area contributed by atoms with Gasteiger partial charge in [-0.25, -0.2) is 0 Å². The maximum atomic E-state index is 12.8. The maximum absolute atomic E-state index is 12.8. The monoisotopic (exact) mass is 294 g/mol.